The molecule has 4 N–H and O–H groups in total. The standard InChI is InChI=1S/C40H57N5O7/c1-6-28(4)35(44-37(48)31(18-17-29-13-9-7-10-14-29)41-34(46)25-45-19-21-51-22-20-45)39(50)43-33(24-30-15-11-8-12-16-30)38(49)42-32(23-27(2)3)36(47)40(5)26-52-40/h7-16,27-28,31-33,35H,6,17-26H2,1-5H3,(H,41,46)(H,42,49)(H,43,50)(H,44,48)/t28?,31-,32?,33-,35-,40+/m0/s1. The van der Waals surface area contributed by atoms with Crippen LogP contribution >= 0.6 is 0 Å². The van der Waals surface area contributed by atoms with E-state index in [9.17, 15) is 24.0 Å². The first-order valence-corrected chi connectivity index (χ1v) is 18.6. The van der Waals surface area contributed by atoms with Gasteiger partial charge in [0, 0.05) is 19.5 Å². The van der Waals surface area contributed by atoms with Crippen molar-refractivity contribution in [3.05, 3.63) is 71.8 Å². The SMILES string of the molecule is CCC(C)[C@H](NC(=O)[C@H](CCc1ccccc1)NC(=O)CN1CCOCC1)C(=O)N[C@@H](Cc1ccccc1)C(=O)NC(CC(C)C)C(=O)[C@@]1(C)CO1. The van der Waals surface area contributed by atoms with Crippen molar-refractivity contribution in [2.75, 3.05) is 39.5 Å². The minimum Gasteiger partial charge on any atom is -0.379 e. The van der Waals surface area contributed by atoms with E-state index in [0.717, 1.165) is 11.1 Å². The highest BCUT2D eigenvalue weighted by Gasteiger charge is 2.50. The lowest BCUT2D eigenvalue weighted by molar-refractivity contribution is -0.136. The summed E-state index contributed by atoms with van der Waals surface area (Å²) in [5.41, 5.74) is 0.913. The number of epoxide rings is 1. The summed E-state index contributed by atoms with van der Waals surface area (Å²) >= 11 is 0. The highest BCUT2D eigenvalue weighted by molar-refractivity contribution is 5.99. The van der Waals surface area contributed by atoms with Gasteiger partial charge >= 0.3 is 0 Å². The van der Waals surface area contributed by atoms with Gasteiger partial charge in [-0.05, 0) is 49.1 Å². The maximum Gasteiger partial charge on any atom is 0.243 e. The van der Waals surface area contributed by atoms with Crippen LogP contribution < -0.4 is 21.3 Å². The minimum atomic E-state index is -1.03. The predicted octanol–water partition coefficient (Wildman–Crippen LogP) is 2.58. The molecule has 0 bridgehead atoms. The number of ketones is 1. The molecule has 2 aliphatic heterocycles. The van der Waals surface area contributed by atoms with Crippen LogP contribution in [0.2, 0.25) is 0 Å². The van der Waals surface area contributed by atoms with Gasteiger partial charge < -0.3 is 30.7 Å². The molecule has 0 radical (unpaired) electrons. The number of carbonyl (C=O) groups is 5. The second kappa shape index (κ2) is 19.6. The molecule has 52 heavy (non-hydrogen) atoms. The number of nitrogens with zero attached hydrogens (tertiary/aromatic N) is 1. The smallest absolute Gasteiger partial charge is 0.243 e. The monoisotopic (exact) mass is 719 g/mol. The molecular weight excluding hydrogens is 662 g/mol. The summed E-state index contributed by atoms with van der Waals surface area (Å²) < 4.78 is 10.8. The quantitative estimate of drug-likeness (QED) is 0.152. The van der Waals surface area contributed by atoms with Gasteiger partial charge in [0.1, 0.15) is 23.7 Å². The third-order valence-corrected chi connectivity index (χ3v) is 9.83. The number of rotatable bonds is 20. The molecule has 4 amide bonds. The van der Waals surface area contributed by atoms with E-state index in [4.69, 9.17) is 9.47 Å². The zero-order valence-electron chi connectivity index (χ0n) is 31.3. The molecule has 0 saturated carbocycles. The van der Waals surface area contributed by atoms with Gasteiger partial charge in [-0.25, -0.2) is 0 Å². The maximum absolute atomic E-state index is 14.1. The Labute approximate surface area is 308 Å². The Hall–Kier alpha value is -4.13. The molecule has 284 valence electrons. The number of hydrogen-bond acceptors (Lipinski definition) is 8. The lowest BCUT2D eigenvalue weighted by atomic mass is 9.92. The highest BCUT2D eigenvalue weighted by atomic mass is 16.6. The van der Waals surface area contributed by atoms with Crippen molar-refractivity contribution in [3.63, 3.8) is 0 Å². The van der Waals surface area contributed by atoms with Crippen LogP contribution in [-0.4, -0.2) is 104 Å². The van der Waals surface area contributed by atoms with Gasteiger partial charge in [-0.3, -0.25) is 28.9 Å². The van der Waals surface area contributed by atoms with Gasteiger partial charge in [0.05, 0.1) is 32.4 Å². The fourth-order valence-electron chi connectivity index (χ4n) is 6.30. The fourth-order valence-corrected chi connectivity index (χ4v) is 6.30. The lowest BCUT2D eigenvalue weighted by Gasteiger charge is -2.30. The molecule has 2 aliphatic rings. The number of carbonyl (C=O) groups excluding carboxylic acids is 5. The van der Waals surface area contributed by atoms with Gasteiger partial charge in [0.15, 0.2) is 5.78 Å². The number of aryl methyl sites for hydroxylation is 1. The Morgan fingerprint density at radius 2 is 1.35 bits per heavy atom. The van der Waals surface area contributed by atoms with Crippen LogP contribution in [0.4, 0.5) is 0 Å². The van der Waals surface area contributed by atoms with Crippen LogP contribution in [-0.2, 0) is 46.3 Å². The van der Waals surface area contributed by atoms with Gasteiger partial charge in [0.2, 0.25) is 23.6 Å². The van der Waals surface area contributed by atoms with Crippen LogP contribution in [0.15, 0.2) is 60.7 Å². The number of morpholine rings is 1. The first-order chi connectivity index (χ1) is 24.9. The molecule has 12 nitrogen and oxygen atoms in total. The second-order valence-corrected chi connectivity index (χ2v) is 14.7. The van der Waals surface area contributed by atoms with Crippen LogP contribution in [0, 0.1) is 11.8 Å². The van der Waals surface area contributed by atoms with E-state index in [2.05, 4.69) is 21.3 Å². The number of nitrogens with one attached hydrogen (secondary N) is 4. The summed E-state index contributed by atoms with van der Waals surface area (Å²) in [7, 11) is 0. The van der Waals surface area contributed by atoms with Crippen molar-refractivity contribution in [3.8, 4) is 0 Å². The molecule has 0 aliphatic carbocycles. The molecule has 2 fully saturated rings. The van der Waals surface area contributed by atoms with Crippen LogP contribution in [0.1, 0.15) is 65.0 Å². The van der Waals surface area contributed by atoms with E-state index >= 15 is 0 Å². The van der Waals surface area contributed by atoms with Crippen LogP contribution in [0.3, 0.4) is 0 Å². The Bertz CT molecular complexity index is 1480. The van der Waals surface area contributed by atoms with Gasteiger partial charge in [-0.1, -0.05) is 94.8 Å². The van der Waals surface area contributed by atoms with Crippen molar-refractivity contribution in [1.29, 1.82) is 0 Å². The molecule has 0 spiro atoms. The van der Waals surface area contributed by atoms with Crippen LogP contribution in [0.25, 0.3) is 0 Å². The van der Waals surface area contributed by atoms with E-state index in [1.165, 1.54) is 0 Å². The summed E-state index contributed by atoms with van der Waals surface area (Å²) in [5.74, 6) is -2.15. The topological polar surface area (TPSA) is 158 Å². The first-order valence-electron chi connectivity index (χ1n) is 18.6. The molecule has 6 atom stereocenters. The van der Waals surface area contributed by atoms with Crippen LogP contribution in [0.5, 0.6) is 0 Å². The van der Waals surface area contributed by atoms with E-state index in [-0.39, 0.29) is 36.5 Å². The molecule has 2 heterocycles. The molecular formula is C40H57N5O7. The third kappa shape index (κ3) is 12.5. The molecule has 2 aromatic rings. The van der Waals surface area contributed by atoms with Crippen molar-refractivity contribution >= 4 is 29.4 Å². The van der Waals surface area contributed by atoms with E-state index < -0.39 is 47.5 Å². The van der Waals surface area contributed by atoms with E-state index in [1.54, 1.807) is 6.92 Å². The normalized spacial score (nSPS) is 20.1. The maximum atomic E-state index is 14.1. The molecule has 4 rings (SSSR count). The number of hydrogen-bond donors (Lipinski definition) is 4. The zero-order chi connectivity index (χ0) is 37.7. The largest absolute Gasteiger partial charge is 0.379 e. The highest BCUT2D eigenvalue weighted by Crippen LogP contribution is 2.29. The lowest BCUT2D eigenvalue weighted by Crippen LogP contribution is -2.60. The van der Waals surface area contributed by atoms with Crippen molar-refractivity contribution in [2.45, 2.75) is 96.5 Å². The molecule has 12 heteroatoms. The minimum absolute atomic E-state index is 0.118. The third-order valence-electron chi connectivity index (χ3n) is 9.83. The van der Waals surface area contributed by atoms with Gasteiger partial charge in [0.25, 0.3) is 0 Å². The number of benzene rings is 2. The number of amides is 4. The molecule has 2 saturated heterocycles. The molecule has 0 aromatic heterocycles. The fraction of sp³-hybridized carbons (Fsp3) is 0.575. The van der Waals surface area contributed by atoms with E-state index in [1.807, 2.05) is 93.3 Å². The Balaban J connectivity index is 1.52. The Morgan fingerprint density at radius 1 is 0.769 bits per heavy atom. The first kappa shape index (κ1) is 40.6. The summed E-state index contributed by atoms with van der Waals surface area (Å²) in [6.45, 7) is 12.2. The van der Waals surface area contributed by atoms with E-state index in [0.29, 0.717) is 58.6 Å². The number of ether oxygens (including phenoxy) is 2. The summed E-state index contributed by atoms with van der Waals surface area (Å²) in [4.78, 5) is 70.6. The number of Topliss-reactive ketones (excluding diaryl/α,β-unsaturated/α-hetero) is 1. The van der Waals surface area contributed by atoms with Crippen molar-refractivity contribution in [2.24, 2.45) is 11.8 Å². The summed E-state index contributed by atoms with van der Waals surface area (Å²) in [6, 6.07) is 15.3. The second-order valence-electron chi connectivity index (χ2n) is 14.7. The zero-order valence-corrected chi connectivity index (χ0v) is 31.3. The molecule has 2 aromatic carbocycles. The van der Waals surface area contributed by atoms with Gasteiger partial charge in [-0.2, -0.15) is 0 Å². The summed E-state index contributed by atoms with van der Waals surface area (Å²) in [5, 5.41) is 11.7. The Morgan fingerprint density at radius 3 is 1.92 bits per heavy atom. The summed E-state index contributed by atoms with van der Waals surface area (Å²) in [6.07, 6.45) is 2.02. The Kier molecular flexibility index (Phi) is 15.3. The average Bonchev–Trinajstić information content (AvgIpc) is 3.90. The molecule has 2 unspecified atom stereocenters. The van der Waals surface area contributed by atoms with Crippen molar-refractivity contribution in [1.82, 2.24) is 26.2 Å². The van der Waals surface area contributed by atoms with Gasteiger partial charge in [-0.15, -0.1) is 0 Å². The van der Waals surface area contributed by atoms with Crippen molar-refractivity contribution < 1.29 is 33.4 Å². The predicted molar refractivity (Wildman–Crippen MR) is 198 cm³/mol. The average molecular weight is 720 g/mol.